The van der Waals surface area contributed by atoms with Gasteiger partial charge in [0.15, 0.2) is 5.96 Å². The van der Waals surface area contributed by atoms with E-state index in [9.17, 15) is 4.39 Å². The van der Waals surface area contributed by atoms with Crippen molar-refractivity contribution in [2.45, 2.75) is 52.5 Å². The van der Waals surface area contributed by atoms with E-state index < -0.39 is 0 Å². The van der Waals surface area contributed by atoms with Gasteiger partial charge in [-0.05, 0) is 56.2 Å². The van der Waals surface area contributed by atoms with Crippen LogP contribution in [-0.4, -0.2) is 42.3 Å². The fourth-order valence-electron chi connectivity index (χ4n) is 4.22. The summed E-state index contributed by atoms with van der Waals surface area (Å²) in [6, 6.07) is 5.26. The first-order chi connectivity index (χ1) is 14.6. The molecule has 0 atom stereocenters. The lowest BCUT2D eigenvalue weighted by Gasteiger charge is -2.30. The molecular formula is C23H35FIN5O. The van der Waals surface area contributed by atoms with Crippen molar-refractivity contribution >= 4 is 29.9 Å². The van der Waals surface area contributed by atoms with E-state index in [0.29, 0.717) is 12.2 Å². The summed E-state index contributed by atoms with van der Waals surface area (Å²) >= 11 is 0. The highest BCUT2D eigenvalue weighted by Crippen LogP contribution is 2.40. The Bertz CT molecular complexity index is 848. The number of ether oxygens (including phenoxy) is 1. The highest BCUT2D eigenvalue weighted by molar-refractivity contribution is 14.0. The topological polar surface area (TPSA) is 63.5 Å². The molecule has 0 aliphatic heterocycles. The summed E-state index contributed by atoms with van der Waals surface area (Å²) < 4.78 is 21.7. The van der Waals surface area contributed by atoms with E-state index in [4.69, 9.17) is 4.74 Å². The Morgan fingerprint density at radius 3 is 2.68 bits per heavy atom. The van der Waals surface area contributed by atoms with Crippen LogP contribution in [0.25, 0.3) is 5.69 Å². The number of nitrogens with one attached hydrogen (secondary N) is 2. The normalized spacial score (nSPS) is 15.5. The molecule has 8 heteroatoms. The van der Waals surface area contributed by atoms with Crippen LogP contribution in [-0.2, 0) is 11.3 Å². The zero-order valence-corrected chi connectivity index (χ0v) is 21.1. The predicted molar refractivity (Wildman–Crippen MR) is 134 cm³/mol. The van der Waals surface area contributed by atoms with E-state index >= 15 is 0 Å². The average Bonchev–Trinajstić information content (AvgIpc) is 3.38. The van der Waals surface area contributed by atoms with Crippen LogP contribution in [0.5, 0.6) is 0 Å². The number of imidazole rings is 1. The van der Waals surface area contributed by atoms with E-state index in [1.54, 1.807) is 36.2 Å². The van der Waals surface area contributed by atoms with Gasteiger partial charge in [0.25, 0.3) is 0 Å². The third-order valence-electron chi connectivity index (χ3n) is 5.99. The van der Waals surface area contributed by atoms with Gasteiger partial charge < -0.3 is 19.9 Å². The van der Waals surface area contributed by atoms with Crippen LogP contribution in [0.1, 0.15) is 50.4 Å². The van der Waals surface area contributed by atoms with E-state index in [0.717, 1.165) is 43.5 Å². The Balaban J connectivity index is 0.00000341. The lowest BCUT2D eigenvalue weighted by Crippen LogP contribution is -2.43. The quantitative estimate of drug-likeness (QED) is 0.276. The van der Waals surface area contributed by atoms with Gasteiger partial charge in [0, 0.05) is 39.2 Å². The van der Waals surface area contributed by atoms with Gasteiger partial charge >= 0.3 is 0 Å². The molecule has 0 spiro atoms. The summed E-state index contributed by atoms with van der Waals surface area (Å²) in [6.07, 6.45) is 9.51. The lowest BCUT2D eigenvalue weighted by molar-refractivity contribution is 0.138. The predicted octanol–water partition coefficient (Wildman–Crippen LogP) is 4.59. The SMILES string of the molecule is CCNC(=NCc1ccc(-n2ccnc2C)c(F)c1)NCC1(CCOC)CCCC1.I. The van der Waals surface area contributed by atoms with Crippen LogP contribution in [0.4, 0.5) is 4.39 Å². The minimum atomic E-state index is -0.272. The molecule has 6 nitrogen and oxygen atoms in total. The standard InChI is InChI=1S/C23H34FN5O.HI/c1-4-25-22(28-17-23(11-14-30-3)9-5-6-10-23)27-16-19-7-8-21(20(24)15-19)29-13-12-26-18(29)2;/h7-8,12-13,15H,4-6,9-11,14,16-17H2,1-3H3,(H2,25,27,28);1H. The highest BCUT2D eigenvalue weighted by Gasteiger charge is 2.33. The maximum absolute atomic E-state index is 14.6. The molecule has 1 aromatic heterocycles. The number of aliphatic imine (C=N–C) groups is 1. The van der Waals surface area contributed by atoms with Crippen molar-refractivity contribution in [3.05, 3.63) is 47.8 Å². The molecule has 0 radical (unpaired) electrons. The molecule has 172 valence electrons. The van der Waals surface area contributed by atoms with Crippen molar-refractivity contribution in [2.24, 2.45) is 10.4 Å². The summed E-state index contributed by atoms with van der Waals surface area (Å²) in [5.41, 5.74) is 1.62. The number of methoxy groups -OCH3 is 1. The molecular weight excluding hydrogens is 508 g/mol. The zero-order chi connectivity index (χ0) is 21.4. The van der Waals surface area contributed by atoms with Gasteiger partial charge in [-0.3, -0.25) is 0 Å². The first kappa shape index (κ1) is 25.6. The molecule has 1 heterocycles. The molecule has 0 saturated heterocycles. The summed E-state index contributed by atoms with van der Waals surface area (Å²) in [5, 5.41) is 6.82. The Morgan fingerprint density at radius 1 is 1.29 bits per heavy atom. The smallest absolute Gasteiger partial charge is 0.191 e. The van der Waals surface area contributed by atoms with Gasteiger partial charge in [-0.2, -0.15) is 0 Å². The molecule has 1 fully saturated rings. The molecule has 0 bridgehead atoms. The number of guanidine groups is 1. The maximum Gasteiger partial charge on any atom is 0.191 e. The molecule has 0 amide bonds. The van der Waals surface area contributed by atoms with Crippen molar-refractivity contribution in [3.8, 4) is 5.69 Å². The molecule has 1 aromatic carbocycles. The number of hydrogen-bond donors (Lipinski definition) is 2. The second-order valence-electron chi connectivity index (χ2n) is 8.13. The Hall–Kier alpha value is -1.68. The summed E-state index contributed by atoms with van der Waals surface area (Å²) in [4.78, 5) is 8.85. The Morgan fingerprint density at radius 2 is 2.06 bits per heavy atom. The molecule has 3 rings (SSSR count). The largest absolute Gasteiger partial charge is 0.385 e. The number of hydrogen-bond acceptors (Lipinski definition) is 3. The highest BCUT2D eigenvalue weighted by atomic mass is 127. The van der Waals surface area contributed by atoms with Gasteiger partial charge in [0.1, 0.15) is 11.6 Å². The minimum absolute atomic E-state index is 0. The summed E-state index contributed by atoms with van der Waals surface area (Å²) in [6.45, 7) is 6.78. The van der Waals surface area contributed by atoms with Crippen molar-refractivity contribution in [3.63, 3.8) is 0 Å². The number of aromatic nitrogens is 2. The van der Waals surface area contributed by atoms with Crippen LogP contribution in [0.15, 0.2) is 35.6 Å². The monoisotopic (exact) mass is 543 g/mol. The third kappa shape index (κ3) is 6.90. The molecule has 1 aliphatic rings. The Labute approximate surface area is 202 Å². The van der Waals surface area contributed by atoms with Crippen LogP contribution in [0.2, 0.25) is 0 Å². The van der Waals surface area contributed by atoms with Crippen LogP contribution < -0.4 is 10.6 Å². The van der Waals surface area contributed by atoms with Crippen LogP contribution in [0, 0.1) is 18.2 Å². The second kappa shape index (κ2) is 12.4. The average molecular weight is 543 g/mol. The third-order valence-corrected chi connectivity index (χ3v) is 5.99. The molecule has 2 aromatic rings. The molecule has 1 aliphatic carbocycles. The summed E-state index contributed by atoms with van der Waals surface area (Å²) in [5.74, 6) is 1.26. The Kier molecular flexibility index (Phi) is 10.2. The van der Waals surface area contributed by atoms with Gasteiger partial charge in [-0.1, -0.05) is 18.9 Å². The van der Waals surface area contributed by atoms with E-state index in [2.05, 4.69) is 27.5 Å². The van der Waals surface area contributed by atoms with Gasteiger partial charge in [-0.15, -0.1) is 24.0 Å². The van der Waals surface area contributed by atoms with Gasteiger partial charge in [0.05, 0.1) is 12.2 Å². The van der Waals surface area contributed by atoms with Gasteiger partial charge in [-0.25, -0.2) is 14.4 Å². The lowest BCUT2D eigenvalue weighted by atomic mass is 9.83. The number of aryl methyl sites for hydroxylation is 1. The van der Waals surface area contributed by atoms with Crippen LogP contribution in [0.3, 0.4) is 0 Å². The number of nitrogens with zero attached hydrogens (tertiary/aromatic N) is 3. The number of halogens is 2. The zero-order valence-electron chi connectivity index (χ0n) is 18.8. The van der Waals surface area contributed by atoms with Crippen molar-refractivity contribution in [1.29, 1.82) is 0 Å². The van der Waals surface area contributed by atoms with Gasteiger partial charge in [0.2, 0.25) is 0 Å². The molecule has 31 heavy (non-hydrogen) atoms. The number of rotatable bonds is 9. The molecule has 0 unspecified atom stereocenters. The maximum atomic E-state index is 14.6. The first-order valence-electron chi connectivity index (χ1n) is 10.9. The van der Waals surface area contributed by atoms with Crippen molar-refractivity contribution in [2.75, 3.05) is 26.8 Å². The number of benzene rings is 1. The van der Waals surface area contributed by atoms with E-state index in [-0.39, 0.29) is 35.2 Å². The van der Waals surface area contributed by atoms with Crippen LogP contribution >= 0.6 is 24.0 Å². The summed E-state index contributed by atoms with van der Waals surface area (Å²) in [7, 11) is 1.76. The minimum Gasteiger partial charge on any atom is -0.385 e. The van der Waals surface area contributed by atoms with E-state index in [1.807, 2.05) is 13.0 Å². The second-order valence-corrected chi connectivity index (χ2v) is 8.13. The first-order valence-corrected chi connectivity index (χ1v) is 10.9. The molecule has 2 N–H and O–H groups in total. The fourth-order valence-corrected chi connectivity index (χ4v) is 4.22. The van der Waals surface area contributed by atoms with Crippen molar-refractivity contribution < 1.29 is 9.13 Å². The van der Waals surface area contributed by atoms with E-state index in [1.165, 1.54) is 25.7 Å². The molecule has 1 saturated carbocycles. The fraction of sp³-hybridized carbons (Fsp3) is 0.565. The van der Waals surface area contributed by atoms with Crippen molar-refractivity contribution in [1.82, 2.24) is 20.2 Å².